The zero-order chi connectivity index (χ0) is 11.5. The molecule has 0 radical (unpaired) electrons. The first kappa shape index (κ1) is 11.0. The van der Waals surface area contributed by atoms with Crippen LogP contribution in [-0.2, 0) is 7.05 Å². The van der Waals surface area contributed by atoms with E-state index in [0.717, 1.165) is 23.7 Å². The molecule has 0 saturated heterocycles. The molecule has 0 amide bonds. The molecule has 4 nitrogen and oxygen atoms in total. The van der Waals surface area contributed by atoms with Crippen LogP contribution < -0.4 is 5.32 Å². The van der Waals surface area contributed by atoms with Crippen LogP contribution in [0.25, 0.3) is 0 Å². The first-order valence-corrected chi connectivity index (χ1v) is 5.48. The average Bonchev–Trinajstić information content (AvgIpc) is 2.84. The van der Waals surface area contributed by atoms with Gasteiger partial charge in [-0.15, -0.1) is 0 Å². The fraction of sp³-hybridized carbons (Fsp3) is 0.417. The highest BCUT2D eigenvalue weighted by atomic mass is 16.3. The first-order valence-electron chi connectivity index (χ1n) is 5.48. The second kappa shape index (κ2) is 4.53. The van der Waals surface area contributed by atoms with Gasteiger partial charge in [0.15, 0.2) is 0 Å². The lowest BCUT2D eigenvalue weighted by molar-refractivity contribution is 0.433. The molecule has 2 aromatic heterocycles. The zero-order valence-electron chi connectivity index (χ0n) is 9.90. The molecule has 86 valence electrons. The van der Waals surface area contributed by atoms with Crippen LogP contribution in [-0.4, -0.2) is 16.1 Å². The van der Waals surface area contributed by atoms with E-state index in [2.05, 4.69) is 17.2 Å². The van der Waals surface area contributed by atoms with E-state index in [1.165, 1.54) is 0 Å². The molecule has 0 bridgehead atoms. The Morgan fingerprint density at radius 3 is 2.88 bits per heavy atom. The van der Waals surface area contributed by atoms with E-state index in [9.17, 15) is 0 Å². The molecule has 0 saturated carbocycles. The fourth-order valence-electron chi connectivity index (χ4n) is 1.84. The van der Waals surface area contributed by atoms with Crippen LogP contribution in [0.1, 0.15) is 30.1 Å². The Hall–Kier alpha value is -1.55. The van der Waals surface area contributed by atoms with Crippen LogP contribution in [0.2, 0.25) is 0 Å². The van der Waals surface area contributed by atoms with E-state index in [-0.39, 0.29) is 6.04 Å². The highest BCUT2D eigenvalue weighted by Crippen LogP contribution is 2.23. The van der Waals surface area contributed by atoms with Crippen molar-refractivity contribution < 1.29 is 4.42 Å². The van der Waals surface area contributed by atoms with Gasteiger partial charge < -0.3 is 14.3 Å². The molecule has 0 aromatic carbocycles. The van der Waals surface area contributed by atoms with Crippen LogP contribution in [0.4, 0.5) is 0 Å². The van der Waals surface area contributed by atoms with Gasteiger partial charge in [-0.05, 0) is 25.1 Å². The first-order chi connectivity index (χ1) is 7.74. The summed E-state index contributed by atoms with van der Waals surface area (Å²) in [7, 11) is 1.99. The molecule has 1 N–H and O–H groups in total. The van der Waals surface area contributed by atoms with Crippen molar-refractivity contribution in [3.05, 3.63) is 41.9 Å². The number of hydrogen-bond acceptors (Lipinski definition) is 3. The molecule has 16 heavy (non-hydrogen) atoms. The molecule has 0 aliphatic rings. The predicted octanol–water partition coefficient (Wildman–Crippen LogP) is 2.02. The largest absolute Gasteiger partial charge is 0.467 e. The number of imidazole rings is 1. The maximum Gasteiger partial charge on any atom is 0.133 e. The molecule has 1 unspecified atom stereocenters. The van der Waals surface area contributed by atoms with Crippen molar-refractivity contribution in [1.82, 2.24) is 14.9 Å². The van der Waals surface area contributed by atoms with Gasteiger partial charge in [-0.25, -0.2) is 4.98 Å². The third-order valence-electron chi connectivity index (χ3n) is 2.69. The molecule has 2 heterocycles. The van der Waals surface area contributed by atoms with Gasteiger partial charge in [-0.2, -0.15) is 0 Å². The number of furan rings is 1. The van der Waals surface area contributed by atoms with Crippen molar-refractivity contribution >= 4 is 0 Å². The summed E-state index contributed by atoms with van der Waals surface area (Å²) in [5.74, 6) is 1.91. The molecule has 2 aromatic rings. The van der Waals surface area contributed by atoms with Gasteiger partial charge in [-0.1, -0.05) is 6.92 Å². The Kier molecular flexibility index (Phi) is 3.10. The lowest BCUT2D eigenvalue weighted by atomic mass is 10.1. The van der Waals surface area contributed by atoms with Crippen LogP contribution in [0.3, 0.4) is 0 Å². The summed E-state index contributed by atoms with van der Waals surface area (Å²) in [6.45, 7) is 5.00. The van der Waals surface area contributed by atoms with E-state index >= 15 is 0 Å². The Balaban J connectivity index is 2.39. The van der Waals surface area contributed by atoms with E-state index in [1.807, 2.05) is 30.8 Å². The maximum atomic E-state index is 5.54. The predicted molar refractivity (Wildman–Crippen MR) is 62.2 cm³/mol. The monoisotopic (exact) mass is 219 g/mol. The third kappa shape index (κ3) is 1.88. The van der Waals surface area contributed by atoms with Gasteiger partial charge >= 0.3 is 0 Å². The van der Waals surface area contributed by atoms with Crippen molar-refractivity contribution in [3.8, 4) is 0 Å². The molecule has 1 atom stereocenters. The van der Waals surface area contributed by atoms with Gasteiger partial charge in [-0.3, -0.25) is 0 Å². The van der Waals surface area contributed by atoms with Crippen molar-refractivity contribution in [3.63, 3.8) is 0 Å². The zero-order valence-corrected chi connectivity index (χ0v) is 9.90. The summed E-state index contributed by atoms with van der Waals surface area (Å²) in [6.07, 6.45) is 5.47. The number of rotatable bonds is 4. The minimum atomic E-state index is 0.0278. The van der Waals surface area contributed by atoms with E-state index in [4.69, 9.17) is 4.42 Å². The van der Waals surface area contributed by atoms with Gasteiger partial charge in [0.05, 0.1) is 6.26 Å². The summed E-state index contributed by atoms with van der Waals surface area (Å²) < 4.78 is 7.55. The molecular weight excluding hydrogens is 202 g/mol. The van der Waals surface area contributed by atoms with Gasteiger partial charge in [0.2, 0.25) is 0 Å². The van der Waals surface area contributed by atoms with E-state index in [1.54, 1.807) is 12.5 Å². The van der Waals surface area contributed by atoms with Crippen molar-refractivity contribution in [2.24, 2.45) is 7.05 Å². The lowest BCUT2D eigenvalue weighted by Crippen LogP contribution is -2.24. The normalized spacial score (nSPS) is 12.9. The van der Waals surface area contributed by atoms with Crippen LogP contribution >= 0.6 is 0 Å². The van der Waals surface area contributed by atoms with Crippen molar-refractivity contribution in [2.75, 3.05) is 6.54 Å². The Morgan fingerprint density at radius 1 is 1.56 bits per heavy atom. The summed E-state index contributed by atoms with van der Waals surface area (Å²) in [4.78, 5) is 4.37. The third-order valence-corrected chi connectivity index (χ3v) is 2.69. The molecule has 0 aliphatic carbocycles. The van der Waals surface area contributed by atoms with Crippen LogP contribution in [0.15, 0.2) is 29.1 Å². The van der Waals surface area contributed by atoms with Crippen LogP contribution in [0, 0.1) is 6.92 Å². The summed E-state index contributed by atoms with van der Waals surface area (Å²) in [6, 6.07) is 2.00. The smallest absolute Gasteiger partial charge is 0.133 e. The van der Waals surface area contributed by atoms with E-state index < -0.39 is 0 Å². The fourth-order valence-corrected chi connectivity index (χ4v) is 1.84. The molecular formula is C12H17N3O. The minimum Gasteiger partial charge on any atom is -0.467 e. The number of nitrogens with one attached hydrogen (secondary N) is 1. The Morgan fingerprint density at radius 2 is 2.38 bits per heavy atom. The SMILES string of the molecule is CCNC(c1occc1C)c1nccn1C. The topological polar surface area (TPSA) is 43.0 Å². The van der Waals surface area contributed by atoms with E-state index in [0.29, 0.717) is 0 Å². The second-order valence-electron chi connectivity index (χ2n) is 3.85. The Labute approximate surface area is 95.3 Å². The minimum absolute atomic E-state index is 0.0278. The van der Waals surface area contributed by atoms with Crippen LogP contribution in [0.5, 0.6) is 0 Å². The number of aryl methyl sites for hydroxylation is 2. The summed E-state index contributed by atoms with van der Waals surface area (Å²) >= 11 is 0. The highest BCUT2D eigenvalue weighted by molar-refractivity contribution is 5.24. The summed E-state index contributed by atoms with van der Waals surface area (Å²) in [5, 5.41) is 3.39. The standard InChI is InChI=1S/C12H17N3O/c1-4-13-10(11-9(2)5-8-16-11)12-14-6-7-15(12)3/h5-8,10,13H,4H2,1-3H3. The quantitative estimate of drug-likeness (QED) is 0.855. The summed E-state index contributed by atoms with van der Waals surface area (Å²) in [5.41, 5.74) is 1.15. The number of hydrogen-bond donors (Lipinski definition) is 1. The molecule has 0 spiro atoms. The lowest BCUT2D eigenvalue weighted by Gasteiger charge is -2.16. The van der Waals surface area contributed by atoms with Crippen molar-refractivity contribution in [2.45, 2.75) is 19.9 Å². The average molecular weight is 219 g/mol. The molecule has 0 aliphatic heterocycles. The number of aromatic nitrogens is 2. The molecule has 0 fully saturated rings. The molecule has 4 heteroatoms. The second-order valence-corrected chi connectivity index (χ2v) is 3.85. The van der Waals surface area contributed by atoms with Gasteiger partial charge in [0.25, 0.3) is 0 Å². The molecule has 2 rings (SSSR count). The maximum absolute atomic E-state index is 5.54. The van der Waals surface area contributed by atoms with Gasteiger partial charge in [0.1, 0.15) is 17.6 Å². The number of nitrogens with zero attached hydrogens (tertiary/aromatic N) is 2. The Bertz CT molecular complexity index is 418. The van der Waals surface area contributed by atoms with Gasteiger partial charge in [0, 0.05) is 19.4 Å². The van der Waals surface area contributed by atoms with Crippen molar-refractivity contribution in [1.29, 1.82) is 0 Å². The highest BCUT2D eigenvalue weighted by Gasteiger charge is 2.21.